The SMILES string of the molecule is CN[C@H]1C[C@H](n2cc(C#N)c3ccc(N4CCN(c5cnc(C(=O)OC)cn5)CC4)nc32)C1. The monoisotopic (exact) mass is 446 g/mol. The van der Waals surface area contributed by atoms with Crippen molar-refractivity contribution in [3.63, 3.8) is 0 Å². The first-order chi connectivity index (χ1) is 16.1. The lowest BCUT2D eigenvalue weighted by molar-refractivity contribution is 0.0593. The van der Waals surface area contributed by atoms with E-state index >= 15 is 0 Å². The van der Waals surface area contributed by atoms with Crippen LogP contribution >= 0.6 is 0 Å². The minimum absolute atomic E-state index is 0.199. The van der Waals surface area contributed by atoms with Gasteiger partial charge in [0.05, 0.1) is 25.1 Å². The first-order valence-electron chi connectivity index (χ1n) is 11.1. The summed E-state index contributed by atoms with van der Waals surface area (Å²) in [7, 11) is 3.32. The molecule has 3 aromatic heterocycles. The van der Waals surface area contributed by atoms with Crippen LogP contribution < -0.4 is 15.1 Å². The van der Waals surface area contributed by atoms with Gasteiger partial charge in [0.2, 0.25) is 0 Å². The molecule has 33 heavy (non-hydrogen) atoms. The first-order valence-corrected chi connectivity index (χ1v) is 11.1. The lowest BCUT2D eigenvalue weighted by atomic mass is 9.87. The summed E-state index contributed by atoms with van der Waals surface area (Å²) < 4.78 is 6.86. The number of ether oxygens (including phenoxy) is 1. The molecular formula is C23H26N8O2. The molecule has 10 heteroatoms. The molecule has 2 fully saturated rings. The van der Waals surface area contributed by atoms with Crippen LogP contribution in [-0.4, -0.2) is 71.9 Å². The van der Waals surface area contributed by atoms with Gasteiger partial charge in [0.15, 0.2) is 5.69 Å². The van der Waals surface area contributed by atoms with Gasteiger partial charge in [-0.15, -0.1) is 0 Å². The highest BCUT2D eigenvalue weighted by atomic mass is 16.5. The number of carbonyl (C=O) groups excluding carboxylic acids is 1. The largest absolute Gasteiger partial charge is 0.464 e. The number of nitrogens with zero attached hydrogens (tertiary/aromatic N) is 7. The number of hydrogen-bond donors (Lipinski definition) is 1. The number of methoxy groups -OCH3 is 1. The van der Waals surface area contributed by atoms with Crippen molar-refractivity contribution >= 4 is 28.6 Å². The van der Waals surface area contributed by atoms with E-state index in [4.69, 9.17) is 4.98 Å². The number of nitriles is 1. The van der Waals surface area contributed by atoms with Gasteiger partial charge in [-0.25, -0.2) is 19.7 Å². The van der Waals surface area contributed by atoms with Gasteiger partial charge in [0, 0.05) is 49.8 Å². The number of anilines is 2. The van der Waals surface area contributed by atoms with Gasteiger partial charge < -0.3 is 24.4 Å². The molecule has 1 saturated carbocycles. The van der Waals surface area contributed by atoms with Crippen LogP contribution in [0.1, 0.15) is 34.9 Å². The van der Waals surface area contributed by atoms with Crippen molar-refractivity contribution in [2.75, 3.05) is 50.1 Å². The predicted molar refractivity (Wildman–Crippen MR) is 123 cm³/mol. The van der Waals surface area contributed by atoms with E-state index < -0.39 is 5.97 Å². The molecule has 1 aliphatic heterocycles. The fraction of sp³-hybridized carbons (Fsp3) is 0.435. The number of nitrogens with one attached hydrogen (secondary N) is 1. The van der Waals surface area contributed by atoms with Crippen LogP contribution in [0.15, 0.2) is 30.7 Å². The molecule has 4 heterocycles. The van der Waals surface area contributed by atoms with Crippen LogP contribution in [0, 0.1) is 11.3 Å². The molecule has 0 unspecified atom stereocenters. The van der Waals surface area contributed by atoms with E-state index in [0.29, 0.717) is 17.6 Å². The minimum Gasteiger partial charge on any atom is -0.464 e. The second-order valence-electron chi connectivity index (χ2n) is 8.44. The van der Waals surface area contributed by atoms with Crippen molar-refractivity contribution in [1.29, 1.82) is 5.26 Å². The molecule has 0 aromatic carbocycles. The third kappa shape index (κ3) is 3.85. The van der Waals surface area contributed by atoms with E-state index in [1.807, 2.05) is 25.4 Å². The molecule has 0 radical (unpaired) electrons. The van der Waals surface area contributed by atoms with Gasteiger partial charge in [-0.1, -0.05) is 0 Å². The summed E-state index contributed by atoms with van der Waals surface area (Å²) in [6.45, 7) is 3.11. The number of carbonyl (C=O) groups is 1. The van der Waals surface area contributed by atoms with Crippen molar-refractivity contribution in [2.24, 2.45) is 0 Å². The predicted octanol–water partition coefficient (Wildman–Crippen LogP) is 1.73. The van der Waals surface area contributed by atoms with E-state index in [-0.39, 0.29) is 5.69 Å². The summed E-state index contributed by atoms with van der Waals surface area (Å²) >= 11 is 0. The lowest BCUT2D eigenvalue weighted by Crippen LogP contribution is -2.47. The van der Waals surface area contributed by atoms with Crippen molar-refractivity contribution in [2.45, 2.75) is 24.9 Å². The third-order valence-electron chi connectivity index (χ3n) is 6.66. The van der Waals surface area contributed by atoms with Gasteiger partial charge in [0.1, 0.15) is 23.4 Å². The van der Waals surface area contributed by atoms with Crippen molar-refractivity contribution in [3.05, 3.63) is 42.0 Å². The molecule has 0 spiro atoms. The molecular weight excluding hydrogens is 420 g/mol. The number of pyridine rings is 1. The van der Waals surface area contributed by atoms with Gasteiger partial charge in [-0.3, -0.25) is 0 Å². The highest BCUT2D eigenvalue weighted by molar-refractivity contribution is 5.87. The normalized spacial score (nSPS) is 20.4. The third-order valence-corrected chi connectivity index (χ3v) is 6.66. The molecule has 3 aromatic rings. The Kier molecular flexibility index (Phi) is 5.56. The quantitative estimate of drug-likeness (QED) is 0.586. The topological polar surface area (TPSA) is 112 Å². The zero-order valence-corrected chi connectivity index (χ0v) is 18.7. The van der Waals surface area contributed by atoms with Crippen LogP contribution in [0.5, 0.6) is 0 Å². The molecule has 170 valence electrons. The van der Waals surface area contributed by atoms with Gasteiger partial charge in [0.25, 0.3) is 0 Å². The number of esters is 1. The van der Waals surface area contributed by atoms with E-state index in [9.17, 15) is 10.1 Å². The Balaban J connectivity index is 1.31. The van der Waals surface area contributed by atoms with Crippen LogP contribution in [0.25, 0.3) is 11.0 Å². The van der Waals surface area contributed by atoms with Gasteiger partial charge in [-0.05, 0) is 32.0 Å². The number of fused-ring (bicyclic) bond motifs is 1. The smallest absolute Gasteiger partial charge is 0.358 e. The highest BCUT2D eigenvalue weighted by Gasteiger charge is 2.31. The Morgan fingerprint density at radius 2 is 1.85 bits per heavy atom. The molecule has 10 nitrogen and oxygen atoms in total. The van der Waals surface area contributed by atoms with Crippen LogP contribution in [0.4, 0.5) is 11.6 Å². The number of rotatable bonds is 5. The van der Waals surface area contributed by atoms with Gasteiger partial charge in [-0.2, -0.15) is 5.26 Å². The van der Waals surface area contributed by atoms with Crippen LogP contribution in [0.2, 0.25) is 0 Å². The fourth-order valence-electron chi connectivity index (χ4n) is 4.57. The second kappa shape index (κ2) is 8.67. The van der Waals surface area contributed by atoms with Gasteiger partial charge >= 0.3 is 5.97 Å². The molecule has 2 aliphatic rings. The number of piperazine rings is 1. The molecule has 0 amide bonds. The standard InChI is InChI=1S/C23H26N8O2/c1-25-16-9-17(10-16)31-14-15(11-24)18-3-4-20(28-22(18)31)29-5-7-30(8-6-29)21-13-26-19(12-27-21)23(32)33-2/h3-4,12-14,16-17,25H,5-10H2,1-2H3/t16-,17-. The van der Waals surface area contributed by atoms with E-state index in [0.717, 1.165) is 61.7 Å². The van der Waals surface area contributed by atoms with Crippen molar-refractivity contribution < 1.29 is 9.53 Å². The maximum atomic E-state index is 11.6. The summed E-state index contributed by atoms with van der Waals surface area (Å²) in [4.78, 5) is 29.5. The average molecular weight is 447 g/mol. The Bertz CT molecular complexity index is 1200. The van der Waals surface area contributed by atoms with Crippen LogP contribution in [-0.2, 0) is 4.74 Å². The Morgan fingerprint density at radius 1 is 1.12 bits per heavy atom. The molecule has 1 aliphatic carbocycles. The van der Waals surface area contributed by atoms with Crippen LogP contribution in [0.3, 0.4) is 0 Å². The molecule has 1 N–H and O–H groups in total. The molecule has 1 saturated heterocycles. The van der Waals surface area contributed by atoms with E-state index in [2.05, 4.69) is 40.5 Å². The highest BCUT2D eigenvalue weighted by Crippen LogP contribution is 2.36. The maximum absolute atomic E-state index is 11.6. The lowest BCUT2D eigenvalue weighted by Gasteiger charge is -2.37. The summed E-state index contributed by atoms with van der Waals surface area (Å²) in [6.07, 6.45) is 7.10. The average Bonchev–Trinajstić information content (AvgIpc) is 3.21. The zero-order chi connectivity index (χ0) is 22.9. The zero-order valence-electron chi connectivity index (χ0n) is 18.7. The minimum atomic E-state index is -0.493. The summed E-state index contributed by atoms with van der Waals surface area (Å²) in [5.41, 5.74) is 1.76. The second-order valence-corrected chi connectivity index (χ2v) is 8.44. The summed E-state index contributed by atoms with van der Waals surface area (Å²) in [6, 6.07) is 7.24. The summed E-state index contributed by atoms with van der Waals surface area (Å²) in [5.74, 6) is 1.16. The fourth-order valence-corrected chi connectivity index (χ4v) is 4.57. The van der Waals surface area contributed by atoms with Crippen molar-refractivity contribution in [3.8, 4) is 6.07 Å². The molecule has 0 bridgehead atoms. The first kappa shape index (κ1) is 21.2. The Hall–Kier alpha value is -3.71. The maximum Gasteiger partial charge on any atom is 0.358 e. The van der Waals surface area contributed by atoms with E-state index in [1.165, 1.54) is 13.3 Å². The molecule has 0 atom stereocenters. The summed E-state index contributed by atoms with van der Waals surface area (Å²) in [5, 5.41) is 13.8. The Morgan fingerprint density at radius 3 is 2.45 bits per heavy atom. The molecule has 5 rings (SSSR count). The van der Waals surface area contributed by atoms with Crippen molar-refractivity contribution in [1.82, 2.24) is 24.8 Å². The van der Waals surface area contributed by atoms with E-state index in [1.54, 1.807) is 6.20 Å². The number of hydrogen-bond acceptors (Lipinski definition) is 9. The number of aromatic nitrogens is 4. The Labute approximate surface area is 191 Å².